The lowest BCUT2D eigenvalue weighted by molar-refractivity contribution is -0.137. The number of hydrogen-bond donors (Lipinski definition) is 1. The summed E-state index contributed by atoms with van der Waals surface area (Å²) >= 11 is 5.93. The quantitative estimate of drug-likeness (QED) is 0.735. The van der Waals surface area contributed by atoms with Crippen molar-refractivity contribution in [3.8, 4) is 11.8 Å². The summed E-state index contributed by atoms with van der Waals surface area (Å²) in [4.78, 5) is 12.0. The second-order valence-corrected chi connectivity index (χ2v) is 8.52. The average molecular weight is 445 g/mol. The number of hydrogen-bond acceptors (Lipinski definition) is 3. The van der Waals surface area contributed by atoms with E-state index < -0.39 is 27.7 Å². The van der Waals surface area contributed by atoms with Crippen molar-refractivity contribution in [1.29, 1.82) is 0 Å². The largest absolute Gasteiger partial charge is 0.416 e. The van der Waals surface area contributed by atoms with Crippen LogP contribution in [0.5, 0.6) is 0 Å². The Morgan fingerprint density at radius 3 is 2.48 bits per heavy atom. The number of nitrogens with one attached hydrogen (secondary N) is 1. The fourth-order valence-corrected chi connectivity index (χ4v) is 3.58. The zero-order valence-electron chi connectivity index (χ0n) is 15.3. The molecule has 0 bridgehead atoms. The Balaban J connectivity index is 2.11. The first kappa shape index (κ1) is 22.7. The minimum Gasteiger partial charge on any atom is -0.341 e. The fourth-order valence-electron chi connectivity index (χ4n) is 2.19. The molecule has 1 N–H and O–H groups in total. The molecular weight excluding hydrogens is 429 g/mol. The van der Waals surface area contributed by atoms with Crippen molar-refractivity contribution in [3.05, 3.63) is 64.2 Å². The predicted molar refractivity (Wildman–Crippen MR) is 103 cm³/mol. The highest BCUT2D eigenvalue weighted by atomic mass is 35.5. The molecule has 2 aromatic rings. The number of alkyl halides is 3. The standard InChI is InChI=1S/C19H16ClF3N2O3S/c1-25(2)29(27,28)17-12-14(8-9-16(17)20)18(26)24-10-4-6-13-5-3-7-15(11-13)19(21,22)23/h3,5,7-9,11-12H,10H2,1-2H3,(H,24,26). The lowest BCUT2D eigenvalue weighted by Gasteiger charge is -2.13. The molecule has 0 unspecified atom stereocenters. The Kier molecular flexibility index (Phi) is 6.95. The Morgan fingerprint density at radius 1 is 1.17 bits per heavy atom. The van der Waals surface area contributed by atoms with Crippen molar-refractivity contribution in [2.45, 2.75) is 11.1 Å². The number of halogens is 4. The van der Waals surface area contributed by atoms with Gasteiger partial charge in [0.25, 0.3) is 5.91 Å². The minimum absolute atomic E-state index is 0.0282. The van der Waals surface area contributed by atoms with Gasteiger partial charge in [-0.1, -0.05) is 29.5 Å². The second-order valence-electron chi connectivity index (χ2n) is 6.00. The van der Waals surface area contributed by atoms with Gasteiger partial charge in [0.1, 0.15) is 4.90 Å². The molecule has 5 nitrogen and oxygen atoms in total. The topological polar surface area (TPSA) is 66.5 Å². The number of sulfonamides is 1. The number of amides is 1. The van der Waals surface area contributed by atoms with E-state index in [0.717, 1.165) is 22.5 Å². The lowest BCUT2D eigenvalue weighted by atomic mass is 10.1. The van der Waals surface area contributed by atoms with Crippen LogP contribution >= 0.6 is 11.6 Å². The Morgan fingerprint density at radius 2 is 1.86 bits per heavy atom. The first-order chi connectivity index (χ1) is 13.4. The summed E-state index contributed by atoms with van der Waals surface area (Å²) in [5.41, 5.74) is -0.611. The number of benzene rings is 2. The van der Waals surface area contributed by atoms with Crippen LogP contribution in [-0.4, -0.2) is 39.3 Å². The average Bonchev–Trinajstić information content (AvgIpc) is 2.64. The van der Waals surface area contributed by atoms with Gasteiger partial charge in [0.15, 0.2) is 0 Å². The lowest BCUT2D eigenvalue weighted by Crippen LogP contribution is -2.25. The molecule has 154 valence electrons. The molecule has 0 saturated carbocycles. The molecule has 0 heterocycles. The summed E-state index contributed by atoms with van der Waals surface area (Å²) < 4.78 is 63.5. The van der Waals surface area contributed by atoms with Gasteiger partial charge in [0.05, 0.1) is 17.1 Å². The van der Waals surface area contributed by atoms with Crippen molar-refractivity contribution in [1.82, 2.24) is 9.62 Å². The molecule has 0 aromatic heterocycles. The molecule has 0 aliphatic carbocycles. The van der Waals surface area contributed by atoms with E-state index in [4.69, 9.17) is 11.6 Å². The second kappa shape index (κ2) is 8.86. The van der Waals surface area contributed by atoms with Gasteiger partial charge >= 0.3 is 6.18 Å². The molecule has 2 aromatic carbocycles. The van der Waals surface area contributed by atoms with E-state index in [2.05, 4.69) is 17.2 Å². The van der Waals surface area contributed by atoms with Gasteiger partial charge < -0.3 is 5.32 Å². The Bertz CT molecular complexity index is 1090. The van der Waals surface area contributed by atoms with Crippen molar-refractivity contribution in [2.75, 3.05) is 20.6 Å². The van der Waals surface area contributed by atoms with Gasteiger partial charge in [-0.2, -0.15) is 13.2 Å². The molecule has 29 heavy (non-hydrogen) atoms. The number of rotatable bonds is 4. The van der Waals surface area contributed by atoms with E-state index in [0.29, 0.717) is 0 Å². The highest BCUT2D eigenvalue weighted by Gasteiger charge is 2.30. The van der Waals surface area contributed by atoms with E-state index in [1.165, 1.54) is 38.4 Å². The maximum absolute atomic E-state index is 12.7. The van der Waals surface area contributed by atoms with Crippen LogP contribution in [0.15, 0.2) is 47.4 Å². The summed E-state index contributed by atoms with van der Waals surface area (Å²) in [7, 11) is -1.17. The number of carbonyl (C=O) groups excluding carboxylic acids is 1. The van der Waals surface area contributed by atoms with Crippen LogP contribution in [0, 0.1) is 11.8 Å². The molecular formula is C19H16ClF3N2O3S. The monoisotopic (exact) mass is 444 g/mol. The maximum Gasteiger partial charge on any atom is 0.416 e. The first-order valence-corrected chi connectivity index (χ1v) is 9.91. The predicted octanol–water partition coefficient (Wildman–Crippen LogP) is 3.39. The summed E-state index contributed by atoms with van der Waals surface area (Å²) in [6, 6.07) is 8.30. The first-order valence-electron chi connectivity index (χ1n) is 8.09. The third kappa shape index (κ3) is 5.73. The highest BCUT2D eigenvalue weighted by Crippen LogP contribution is 2.29. The van der Waals surface area contributed by atoms with E-state index in [9.17, 15) is 26.4 Å². The summed E-state index contributed by atoms with van der Waals surface area (Å²) in [5, 5.41) is 2.43. The maximum atomic E-state index is 12.7. The van der Waals surface area contributed by atoms with Crippen LogP contribution < -0.4 is 5.32 Å². The summed E-state index contributed by atoms with van der Waals surface area (Å²) in [6.07, 6.45) is -4.47. The molecule has 0 atom stereocenters. The van der Waals surface area contributed by atoms with E-state index in [1.807, 2.05) is 0 Å². The molecule has 1 amide bonds. The van der Waals surface area contributed by atoms with Crippen LogP contribution in [0.3, 0.4) is 0 Å². The van der Waals surface area contributed by atoms with Crippen molar-refractivity contribution < 1.29 is 26.4 Å². The molecule has 0 radical (unpaired) electrons. The van der Waals surface area contributed by atoms with Crippen molar-refractivity contribution in [3.63, 3.8) is 0 Å². The Labute approximate surface area is 171 Å². The summed E-state index contributed by atoms with van der Waals surface area (Å²) in [5.74, 6) is 4.49. The van der Waals surface area contributed by atoms with Crippen molar-refractivity contribution in [2.24, 2.45) is 0 Å². The van der Waals surface area contributed by atoms with Gasteiger partial charge in [-0.05, 0) is 36.4 Å². The van der Waals surface area contributed by atoms with E-state index in [1.54, 1.807) is 0 Å². The smallest absolute Gasteiger partial charge is 0.341 e. The molecule has 0 aliphatic rings. The van der Waals surface area contributed by atoms with Gasteiger partial charge in [-0.25, -0.2) is 12.7 Å². The molecule has 0 fully saturated rings. The number of nitrogens with zero attached hydrogens (tertiary/aromatic N) is 1. The molecule has 0 aliphatic heterocycles. The van der Waals surface area contributed by atoms with Crippen molar-refractivity contribution >= 4 is 27.5 Å². The van der Waals surface area contributed by atoms with Gasteiger partial charge in [0, 0.05) is 25.2 Å². The third-order valence-electron chi connectivity index (χ3n) is 3.71. The normalized spacial score (nSPS) is 11.7. The Hall–Kier alpha value is -2.54. The zero-order valence-corrected chi connectivity index (χ0v) is 16.9. The van der Waals surface area contributed by atoms with Crippen LogP contribution in [0.4, 0.5) is 13.2 Å². The summed E-state index contributed by atoms with van der Waals surface area (Å²) in [6.45, 7) is -0.145. The molecule has 2 rings (SSSR count). The molecule has 0 saturated heterocycles. The van der Waals surface area contributed by atoms with Gasteiger partial charge in [0.2, 0.25) is 10.0 Å². The zero-order chi connectivity index (χ0) is 21.8. The highest BCUT2D eigenvalue weighted by molar-refractivity contribution is 7.89. The SMILES string of the molecule is CN(C)S(=O)(=O)c1cc(C(=O)NCC#Cc2cccc(C(F)(F)F)c2)ccc1Cl. The van der Waals surface area contributed by atoms with Gasteiger partial charge in [-0.3, -0.25) is 4.79 Å². The molecule has 10 heteroatoms. The van der Waals surface area contributed by atoms with Gasteiger partial charge in [-0.15, -0.1) is 0 Å². The van der Waals surface area contributed by atoms with Crippen LogP contribution in [-0.2, 0) is 16.2 Å². The van der Waals surface area contributed by atoms with Crippen LogP contribution in [0.1, 0.15) is 21.5 Å². The fraction of sp³-hybridized carbons (Fsp3) is 0.211. The number of carbonyl (C=O) groups is 1. The molecule has 0 spiro atoms. The third-order valence-corrected chi connectivity index (χ3v) is 6.01. The van der Waals surface area contributed by atoms with E-state index in [-0.39, 0.29) is 27.6 Å². The van der Waals surface area contributed by atoms with E-state index >= 15 is 0 Å². The minimum atomic E-state index is -4.47. The van der Waals surface area contributed by atoms with Crippen LogP contribution in [0.25, 0.3) is 0 Å². The van der Waals surface area contributed by atoms with Crippen LogP contribution in [0.2, 0.25) is 5.02 Å².